The molecule has 0 saturated carbocycles. The molecule has 0 aliphatic carbocycles. The molecule has 0 bridgehead atoms. The first kappa shape index (κ1) is 66.5. The van der Waals surface area contributed by atoms with E-state index in [1.54, 1.807) is 0 Å². The van der Waals surface area contributed by atoms with Crippen molar-refractivity contribution in [3.05, 3.63) is 389 Å². The lowest BCUT2D eigenvalue weighted by molar-refractivity contribution is 0.306. The molecule has 0 N–H and O–H groups in total. The molecule has 0 aliphatic rings. The van der Waals surface area contributed by atoms with Gasteiger partial charge in [0.2, 0.25) is 0 Å². The van der Waals surface area contributed by atoms with Gasteiger partial charge in [-0.15, -0.1) is 0 Å². The maximum atomic E-state index is 6.63. The molecule has 5 atom stereocenters. The van der Waals surface area contributed by atoms with E-state index in [9.17, 15) is 0 Å². The van der Waals surface area contributed by atoms with Gasteiger partial charge in [0.25, 0.3) is 0 Å². The molecule has 0 fully saturated rings. The van der Waals surface area contributed by atoms with E-state index in [4.69, 9.17) is 23.7 Å². The highest BCUT2D eigenvalue weighted by atomic mass is 16.5. The minimum atomic E-state index is 0.142. The van der Waals surface area contributed by atoms with Crippen molar-refractivity contribution in [2.45, 2.75) is 109 Å². The summed E-state index contributed by atoms with van der Waals surface area (Å²) in [6, 6.07) is 120. The van der Waals surface area contributed by atoms with E-state index in [1.165, 1.54) is 81.7 Å². The average molecular weight is 1330 g/mol. The molecular weight excluding hydrogens is 1250 g/mol. The van der Waals surface area contributed by atoms with Gasteiger partial charge in [-0.05, 0) is 262 Å². The summed E-state index contributed by atoms with van der Waals surface area (Å²) >= 11 is 0. The molecule has 504 valence electrons. The Labute approximate surface area is 600 Å². The van der Waals surface area contributed by atoms with Crippen LogP contribution in [0.1, 0.15) is 131 Å². The smallest absolute Gasteiger partial charge is 0.119 e. The zero-order valence-corrected chi connectivity index (χ0v) is 58.3. The molecule has 0 aromatic heterocycles. The van der Waals surface area contributed by atoms with Crippen LogP contribution in [-0.4, -0.2) is 0 Å². The van der Waals surface area contributed by atoms with Crippen LogP contribution in [0.3, 0.4) is 0 Å². The Balaban J connectivity index is 0.744. The van der Waals surface area contributed by atoms with Crippen molar-refractivity contribution in [3.63, 3.8) is 0 Å². The Morgan fingerprint density at radius 1 is 0.206 bits per heavy atom. The van der Waals surface area contributed by atoms with Crippen LogP contribution in [0, 0.1) is 0 Å². The van der Waals surface area contributed by atoms with Crippen LogP contribution in [0.5, 0.6) is 28.7 Å². The molecule has 5 heteroatoms. The van der Waals surface area contributed by atoms with Gasteiger partial charge in [0, 0.05) is 0 Å². The van der Waals surface area contributed by atoms with E-state index in [0.29, 0.717) is 33.0 Å². The molecule has 0 amide bonds. The topological polar surface area (TPSA) is 46.2 Å². The molecule has 15 aromatic rings. The van der Waals surface area contributed by atoms with Crippen LogP contribution < -0.4 is 23.7 Å². The zero-order valence-electron chi connectivity index (χ0n) is 58.3. The first-order valence-corrected chi connectivity index (χ1v) is 36.3. The highest BCUT2D eigenvalue weighted by molar-refractivity contribution is 5.86. The van der Waals surface area contributed by atoms with Gasteiger partial charge in [0.1, 0.15) is 61.8 Å². The van der Waals surface area contributed by atoms with Gasteiger partial charge in [0.05, 0.1) is 0 Å². The highest BCUT2D eigenvalue weighted by Crippen LogP contribution is 2.46. The van der Waals surface area contributed by atoms with Gasteiger partial charge in [-0.1, -0.05) is 257 Å². The van der Waals surface area contributed by atoms with Gasteiger partial charge in [-0.25, -0.2) is 0 Å². The van der Waals surface area contributed by atoms with Crippen molar-refractivity contribution < 1.29 is 23.7 Å². The average Bonchev–Trinajstić information content (AvgIpc) is 0.831. The molecule has 0 spiro atoms. The fraction of sp³-hybridized carbons (Fsp3) is 0.175. The fourth-order valence-electron chi connectivity index (χ4n) is 15.0. The van der Waals surface area contributed by atoms with Crippen molar-refractivity contribution in [1.82, 2.24) is 0 Å². The minimum Gasteiger partial charge on any atom is -0.489 e. The third-order valence-electron chi connectivity index (χ3n) is 20.8. The van der Waals surface area contributed by atoms with Gasteiger partial charge < -0.3 is 23.7 Å². The predicted molar refractivity (Wildman–Crippen MR) is 422 cm³/mol. The maximum Gasteiger partial charge on any atom is 0.119 e. The molecule has 5 unspecified atom stereocenters. The van der Waals surface area contributed by atoms with Gasteiger partial charge >= 0.3 is 0 Å². The van der Waals surface area contributed by atoms with Crippen molar-refractivity contribution in [2.24, 2.45) is 0 Å². The standard InChI is InChI=1S/C97H86O5/c1-3-74(81-36-46-94(47-37-81)99-64-70-25-30-77-15-5-10-20-86(77)56-70)60-91(83-40-50-96(51-41-83)101-66-72-27-32-79-17-7-12-22-88(79)58-72)62-92(84-42-52-97(53-43-84)102-67-73-28-33-80-18-8-13-23-89(80)59-73)61-90(82-38-48-95(49-39-82)100-65-71-26-31-78-16-6-11-21-87(78)57-71)54-68(2)75-34-44-93(45-35-75)98-63-69-24-29-76-14-4-9-19-85(76)55-69/h4-53,55-59,68,74,90-92H,3,54,60-67H2,1-2H3. The van der Waals surface area contributed by atoms with E-state index in [2.05, 4.69) is 347 Å². The second-order valence-electron chi connectivity index (χ2n) is 27.7. The van der Waals surface area contributed by atoms with Crippen LogP contribution in [0.15, 0.2) is 334 Å². The summed E-state index contributed by atoms with van der Waals surface area (Å²) < 4.78 is 32.8. The number of hydrogen-bond donors (Lipinski definition) is 0. The second kappa shape index (κ2) is 31.9. The predicted octanol–water partition coefficient (Wildman–Crippen LogP) is 25.6. The fourth-order valence-corrected chi connectivity index (χ4v) is 15.0. The third-order valence-corrected chi connectivity index (χ3v) is 20.8. The Kier molecular flexibility index (Phi) is 20.8. The first-order chi connectivity index (χ1) is 50.3. The molecule has 0 heterocycles. The Bertz CT molecular complexity index is 5260. The second-order valence-corrected chi connectivity index (χ2v) is 27.7. The SMILES string of the molecule is CCC(CC(CC(CC(CC(C)c1ccc(OCc2ccc3ccccc3c2)cc1)c1ccc(OCc2ccc3ccccc3c2)cc1)c1ccc(OCc2ccc3ccccc3c2)cc1)c1ccc(OCc2ccc3ccccc3c2)cc1)c1ccc(OCc2ccc3ccccc3c2)cc1. The normalized spacial score (nSPS) is 13.0. The molecular formula is C97H86O5. The third kappa shape index (κ3) is 16.7. The van der Waals surface area contributed by atoms with E-state index < -0.39 is 0 Å². The van der Waals surface area contributed by atoms with Crippen molar-refractivity contribution >= 4 is 53.9 Å². The van der Waals surface area contributed by atoms with Gasteiger partial charge in [-0.3, -0.25) is 0 Å². The van der Waals surface area contributed by atoms with Crippen LogP contribution in [0.4, 0.5) is 0 Å². The van der Waals surface area contributed by atoms with E-state index in [0.717, 1.165) is 88.7 Å². The van der Waals surface area contributed by atoms with Crippen LogP contribution >= 0.6 is 0 Å². The summed E-state index contributed by atoms with van der Waals surface area (Å²) in [5, 5.41) is 12.2. The van der Waals surface area contributed by atoms with Crippen molar-refractivity contribution in [2.75, 3.05) is 0 Å². The minimum absolute atomic E-state index is 0.142. The van der Waals surface area contributed by atoms with Crippen LogP contribution in [0.2, 0.25) is 0 Å². The van der Waals surface area contributed by atoms with Crippen LogP contribution in [0.25, 0.3) is 53.9 Å². The van der Waals surface area contributed by atoms with E-state index in [1.807, 2.05) is 0 Å². The summed E-state index contributed by atoms with van der Waals surface area (Å²) in [5.41, 5.74) is 12.2. The van der Waals surface area contributed by atoms with E-state index in [-0.39, 0.29) is 29.6 Å². The van der Waals surface area contributed by atoms with Gasteiger partial charge in [0.15, 0.2) is 0 Å². The summed E-state index contributed by atoms with van der Waals surface area (Å²) in [5.74, 6) is 5.28. The molecule has 15 rings (SSSR count). The lowest BCUT2D eigenvalue weighted by Crippen LogP contribution is -2.15. The summed E-state index contributed by atoms with van der Waals surface area (Å²) in [6.07, 6.45) is 4.69. The van der Waals surface area contributed by atoms with Crippen molar-refractivity contribution in [3.8, 4) is 28.7 Å². The number of hydrogen-bond acceptors (Lipinski definition) is 5. The Morgan fingerprint density at radius 2 is 0.412 bits per heavy atom. The molecule has 0 aliphatic heterocycles. The molecule has 0 radical (unpaired) electrons. The molecule has 5 nitrogen and oxygen atoms in total. The Hall–Kier alpha value is -11.4. The number of rotatable bonds is 29. The quantitative estimate of drug-likeness (QED) is 0.0468. The zero-order chi connectivity index (χ0) is 68.8. The maximum absolute atomic E-state index is 6.63. The van der Waals surface area contributed by atoms with E-state index >= 15 is 0 Å². The van der Waals surface area contributed by atoms with Gasteiger partial charge in [-0.2, -0.15) is 0 Å². The summed E-state index contributed by atoms with van der Waals surface area (Å²) in [7, 11) is 0. The number of fused-ring (bicyclic) bond motifs is 5. The first-order valence-electron chi connectivity index (χ1n) is 36.3. The lowest BCUT2D eigenvalue weighted by Gasteiger charge is -2.31. The monoisotopic (exact) mass is 1330 g/mol. The van der Waals surface area contributed by atoms with Crippen molar-refractivity contribution in [1.29, 1.82) is 0 Å². The van der Waals surface area contributed by atoms with Crippen LogP contribution in [-0.2, 0) is 33.0 Å². The molecule has 15 aromatic carbocycles. The Morgan fingerprint density at radius 3 is 0.657 bits per heavy atom. The number of ether oxygens (including phenoxy) is 5. The summed E-state index contributed by atoms with van der Waals surface area (Å²) in [6.45, 7) is 7.20. The summed E-state index contributed by atoms with van der Waals surface area (Å²) in [4.78, 5) is 0. The largest absolute Gasteiger partial charge is 0.489 e. The highest BCUT2D eigenvalue weighted by Gasteiger charge is 2.29. The number of benzene rings is 15. The molecule has 102 heavy (non-hydrogen) atoms. The molecule has 0 saturated heterocycles. The lowest BCUT2D eigenvalue weighted by atomic mass is 9.73.